The van der Waals surface area contributed by atoms with E-state index in [0.717, 1.165) is 147 Å². The second kappa shape index (κ2) is 40.9. The Bertz CT molecular complexity index is 6340. The van der Waals surface area contributed by atoms with E-state index in [1.54, 1.807) is 81.2 Å². The third kappa shape index (κ3) is 22.7. The Kier molecular flexibility index (Phi) is 28.9. The van der Waals surface area contributed by atoms with Gasteiger partial charge in [0.15, 0.2) is 23.2 Å². The molecule has 17 rings (SSSR count). The molecular formula is C86H89F6N21O15S3. The topological polar surface area (TPSA) is 421 Å². The summed E-state index contributed by atoms with van der Waals surface area (Å²) in [5.41, 5.74) is 1.05. The first-order chi connectivity index (χ1) is 63.0. The van der Waals surface area contributed by atoms with Crippen LogP contribution in [0.4, 0.5) is 53.0 Å². The number of rotatable bonds is 27. The molecule has 36 nitrogen and oxygen atoms in total. The van der Waals surface area contributed by atoms with Gasteiger partial charge in [0, 0.05) is 96.8 Å². The summed E-state index contributed by atoms with van der Waals surface area (Å²) in [7, 11) is 0. The number of nitrogens with zero attached hydrogens (tertiary/aromatic N) is 18. The van der Waals surface area contributed by atoms with Gasteiger partial charge in [-0.2, -0.15) is 53.1 Å². The molecule has 0 bridgehead atoms. The number of esters is 1. The molecule has 4 saturated carbocycles. The molecule has 688 valence electrons. The van der Waals surface area contributed by atoms with Crippen LogP contribution in [-0.2, 0) is 39.8 Å². The maximum absolute atomic E-state index is 14.8. The van der Waals surface area contributed by atoms with Crippen LogP contribution in [0.15, 0.2) is 122 Å². The summed E-state index contributed by atoms with van der Waals surface area (Å²) in [5.74, 6) is -7.65. The van der Waals surface area contributed by atoms with Crippen LogP contribution >= 0.6 is 34.0 Å². The van der Waals surface area contributed by atoms with Gasteiger partial charge < -0.3 is 53.2 Å². The molecule has 3 N–H and O–H groups in total. The number of halogens is 6. The smallest absolute Gasteiger partial charge is 0.442 e. The quantitative estimate of drug-likeness (QED) is 0.0186. The zero-order valence-corrected chi connectivity index (χ0v) is 74.4. The molecule has 13 aromatic heterocycles. The fourth-order valence-corrected chi connectivity index (χ4v) is 17.2. The Morgan fingerprint density at radius 1 is 0.473 bits per heavy atom. The number of ether oxygens (including phenoxy) is 6. The van der Waals surface area contributed by atoms with Crippen LogP contribution in [0.5, 0.6) is 0 Å². The molecule has 0 spiro atoms. The normalized spacial score (nSPS) is 17.8. The number of carbonyl (C=O) groups is 6. The highest BCUT2D eigenvalue weighted by Gasteiger charge is 2.43. The number of thiazole rings is 3. The fraction of sp³-hybridized carbons (Fsp3) is 0.407. The van der Waals surface area contributed by atoms with Gasteiger partial charge in [0.1, 0.15) is 84.2 Å². The Labute approximate surface area is 754 Å². The highest BCUT2D eigenvalue weighted by molar-refractivity contribution is 7.14. The van der Waals surface area contributed by atoms with Gasteiger partial charge in [-0.3, -0.25) is 37.9 Å². The van der Waals surface area contributed by atoms with Crippen molar-refractivity contribution in [2.24, 2.45) is 5.92 Å². The summed E-state index contributed by atoms with van der Waals surface area (Å²) in [6, 6.07) is 5.63. The number of hydrogen-bond acceptors (Lipinski definition) is 30. The van der Waals surface area contributed by atoms with Crippen LogP contribution in [0.3, 0.4) is 0 Å². The van der Waals surface area contributed by atoms with Gasteiger partial charge in [-0.25, -0.2) is 57.5 Å². The first-order valence-electron chi connectivity index (χ1n) is 42.3. The van der Waals surface area contributed by atoms with E-state index in [4.69, 9.17) is 37.3 Å². The lowest BCUT2D eigenvalue weighted by Crippen LogP contribution is -2.26. The predicted molar refractivity (Wildman–Crippen MR) is 462 cm³/mol. The van der Waals surface area contributed by atoms with Crippen LogP contribution in [-0.4, -0.2) is 174 Å². The van der Waals surface area contributed by atoms with E-state index in [2.05, 4.69) is 76.4 Å². The van der Waals surface area contributed by atoms with Crippen molar-refractivity contribution in [2.45, 2.75) is 200 Å². The van der Waals surface area contributed by atoms with Crippen molar-refractivity contribution in [3.05, 3.63) is 183 Å². The Hall–Kier alpha value is -13.1. The van der Waals surface area contributed by atoms with E-state index in [0.29, 0.717) is 63.1 Å². The largest absolute Gasteiger partial charge is 0.519 e. The van der Waals surface area contributed by atoms with E-state index < -0.39 is 88.9 Å². The third-order valence-corrected chi connectivity index (χ3v) is 24.6. The minimum absolute atomic E-state index is 0.000618. The fourth-order valence-electron chi connectivity index (χ4n) is 14.9. The molecule has 45 heteroatoms. The van der Waals surface area contributed by atoms with E-state index in [9.17, 15) is 59.9 Å². The molecule has 0 saturated heterocycles. The second-order valence-corrected chi connectivity index (χ2v) is 34.3. The van der Waals surface area contributed by atoms with Gasteiger partial charge in [-0.15, -0.1) is 34.0 Å². The van der Waals surface area contributed by atoms with Crippen molar-refractivity contribution < 1.29 is 92.4 Å². The van der Waals surface area contributed by atoms with Crippen LogP contribution in [0, 0.1) is 48.1 Å². The van der Waals surface area contributed by atoms with Crippen molar-refractivity contribution in [3.8, 4) is 65.9 Å². The Morgan fingerprint density at radius 3 is 1.19 bits per heavy atom. The number of pyridine rings is 3. The van der Waals surface area contributed by atoms with Gasteiger partial charge >= 0.3 is 24.0 Å². The van der Waals surface area contributed by atoms with Crippen LogP contribution in [0.1, 0.15) is 199 Å². The summed E-state index contributed by atoms with van der Waals surface area (Å²) in [6.45, 7) is 16.2. The van der Waals surface area contributed by atoms with Crippen molar-refractivity contribution in [1.82, 2.24) is 88.6 Å². The van der Waals surface area contributed by atoms with Gasteiger partial charge in [0.2, 0.25) is 24.1 Å². The standard InChI is InChI=1S/C30H33F2N7O6S.C28H27F2N7O5S.C28H29F2N7O4S/c1-5-43-20-8-6-19(7-9-20)38-14-22(26(37-38)25-21(31)10-11-24(32)36-25)34-27(40)23-15-46-28(35-23)18-12-33-39(13-18)30(42)45-17(4)44-29(41)16(2)3;1-3-40-18-6-4-17(5-7-18)37-12-20(25(35-37)24-19(29)8-9-23(30)34-24)32-26(38)21-14-43-27(33-21)16-10-31-36(11-16)13-22-15(2)41-28(39)42-22;1-3-40-18-6-4-17(5-7-18)36-14-20(24(35-36)23-19(29)8-9-22(30)34-23)32-25(38)21-15-42-26(33-21)16-12-31-37(13-16)27(39)41-28(2)10-11-28/h10-17,19-20H,5-9H2,1-4H3,(H,34,40);8-12,14,17-18H,3-7,13H2,1-2H3,(H,32,38);8-9,12-15,17-18H,3-7,10-11H2,1-2H3,(H,32,38). The molecule has 1 unspecified atom stereocenters. The van der Waals surface area contributed by atoms with E-state index in [1.165, 1.54) is 59.8 Å². The highest BCUT2D eigenvalue weighted by atomic mass is 32.1. The molecule has 3 amide bonds. The second-order valence-electron chi connectivity index (χ2n) is 31.7. The van der Waals surface area contributed by atoms with Crippen molar-refractivity contribution in [2.75, 3.05) is 35.8 Å². The van der Waals surface area contributed by atoms with Gasteiger partial charge in [-0.05, 0) is 161 Å². The lowest BCUT2D eigenvalue weighted by atomic mass is 9.93. The molecular weight excluding hydrogens is 1780 g/mol. The van der Waals surface area contributed by atoms with Crippen molar-refractivity contribution >= 4 is 86.9 Å². The maximum atomic E-state index is 14.8. The average Bonchev–Trinajstić information content (AvgIpc) is 1.65. The predicted octanol–water partition coefficient (Wildman–Crippen LogP) is 16.9. The molecule has 1 atom stereocenters. The summed E-state index contributed by atoms with van der Waals surface area (Å²) in [6.07, 6.45) is 23.1. The zero-order valence-electron chi connectivity index (χ0n) is 71.9. The third-order valence-electron chi connectivity index (χ3n) is 21.9. The van der Waals surface area contributed by atoms with Gasteiger partial charge in [-0.1, -0.05) is 13.8 Å². The Morgan fingerprint density at radius 2 is 0.840 bits per heavy atom. The molecule has 131 heavy (non-hydrogen) atoms. The number of nitrogens with one attached hydrogen (secondary N) is 3. The maximum Gasteiger partial charge on any atom is 0.519 e. The van der Waals surface area contributed by atoms with Crippen LogP contribution in [0.25, 0.3) is 65.9 Å². The average molecular weight is 1870 g/mol. The van der Waals surface area contributed by atoms with Crippen LogP contribution < -0.4 is 21.8 Å². The highest BCUT2D eigenvalue weighted by Crippen LogP contribution is 2.42. The first-order valence-corrected chi connectivity index (χ1v) is 44.9. The van der Waals surface area contributed by atoms with Gasteiger partial charge in [0.05, 0.1) is 78.0 Å². The molecule has 4 aliphatic rings. The molecule has 0 aromatic carbocycles. The minimum Gasteiger partial charge on any atom is -0.442 e. The van der Waals surface area contributed by atoms with E-state index in [1.807, 2.05) is 27.7 Å². The monoisotopic (exact) mass is 1870 g/mol. The zero-order chi connectivity index (χ0) is 92.5. The molecule has 13 heterocycles. The number of aromatic nitrogens is 18. The summed E-state index contributed by atoms with van der Waals surface area (Å²) in [4.78, 5) is 112. The molecule has 4 fully saturated rings. The SMILES string of the molecule is CCOC1CCC(n2cc(NC(=O)c3csc(-c4cnn(C(=O)OC(C)OC(=O)C(C)C)c4)n3)c(-c3nc(F)ccc3F)n2)CC1.CCOC1CCC(n2cc(NC(=O)c3csc(-c4cnn(C(=O)OC5(C)CC5)c4)n3)c(-c3nc(F)ccc3F)n2)CC1.CCOC1CCC(n2cc(NC(=O)c3csc(-c4cnn(Cc5oc(=O)oc5C)c4)n3)c(-c3nc(F)ccc3F)n2)CC1. The number of carbonyl (C=O) groups excluding carboxylic acids is 6. The summed E-state index contributed by atoms with van der Waals surface area (Å²) in [5, 5.41) is 40.2. The summed E-state index contributed by atoms with van der Waals surface area (Å²) < 4.78 is 138. The van der Waals surface area contributed by atoms with Crippen LogP contribution in [0.2, 0.25) is 0 Å². The lowest BCUT2D eigenvalue weighted by Gasteiger charge is -2.28. The molecule has 4 aliphatic carbocycles. The van der Waals surface area contributed by atoms with E-state index in [-0.39, 0.29) is 117 Å². The lowest BCUT2D eigenvalue weighted by molar-refractivity contribution is -0.168. The van der Waals surface area contributed by atoms with Crippen molar-refractivity contribution in [1.29, 1.82) is 0 Å². The minimum atomic E-state index is -1.12. The molecule has 13 aromatic rings. The molecule has 0 aliphatic heterocycles. The number of anilines is 3. The van der Waals surface area contributed by atoms with Crippen molar-refractivity contribution in [3.63, 3.8) is 0 Å². The number of hydrogen-bond donors (Lipinski definition) is 3. The van der Waals surface area contributed by atoms with Gasteiger partial charge in [0.25, 0.3) is 17.7 Å². The molecule has 0 radical (unpaired) electrons. The number of aryl methyl sites for hydroxylation is 1. The number of amides is 3. The first kappa shape index (κ1) is 92.6. The van der Waals surface area contributed by atoms with E-state index >= 15 is 0 Å². The Balaban J connectivity index is 0.000000151. The summed E-state index contributed by atoms with van der Waals surface area (Å²) >= 11 is 3.56.